The van der Waals surface area contributed by atoms with Crippen LogP contribution < -0.4 is 5.32 Å². The third-order valence-corrected chi connectivity index (χ3v) is 3.33. The zero-order chi connectivity index (χ0) is 13.9. The number of nitrogens with zero attached hydrogens (tertiary/aromatic N) is 1. The topological polar surface area (TPSA) is 57.8 Å². The molecule has 0 bridgehead atoms. The molecule has 3 aromatic rings. The summed E-state index contributed by atoms with van der Waals surface area (Å²) < 4.78 is 0. The number of nitrogens with one attached hydrogen (secondary N) is 2. The average molecular weight is 265 g/mol. The first-order chi connectivity index (χ1) is 9.74. The second-order valence-electron chi connectivity index (χ2n) is 4.73. The molecule has 3 rings (SSSR count). The summed E-state index contributed by atoms with van der Waals surface area (Å²) in [6, 6.07) is 11.6. The highest BCUT2D eigenvalue weighted by Crippen LogP contribution is 2.22. The summed E-state index contributed by atoms with van der Waals surface area (Å²) in [6.45, 7) is 2.00. The van der Waals surface area contributed by atoms with E-state index in [2.05, 4.69) is 15.3 Å². The van der Waals surface area contributed by atoms with Gasteiger partial charge in [0.15, 0.2) is 0 Å². The smallest absolute Gasteiger partial charge is 0.228 e. The van der Waals surface area contributed by atoms with Gasteiger partial charge in [0.25, 0.3) is 0 Å². The first-order valence-electron chi connectivity index (χ1n) is 6.50. The number of H-pyrrole nitrogens is 1. The maximum Gasteiger partial charge on any atom is 0.228 e. The fourth-order valence-corrected chi connectivity index (χ4v) is 2.36. The fourth-order valence-electron chi connectivity index (χ4n) is 2.36. The maximum absolute atomic E-state index is 12.1. The molecule has 100 valence electrons. The Labute approximate surface area is 116 Å². The van der Waals surface area contributed by atoms with E-state index in [4.69, 9.17) is 0 Å². The van der Waals surface area contributed by atoms with E-state index in [0.29, 0.717) is 6.42 Å². The van der Waals surface area contributed by atoms with Crippen molar-refractivity contribution in [2.75, 3.05) is 5.32 Å². The second-order valence-corrected chi connectivity index (χ2v) is 4.73. The summed E-state index contributed by atoms with van der Waals surface area (Å²) in [6.07, 6.45) is 3.68. The summed E-state index contributed by atoms with van der Waals surface area (Å²) >= 11 is 0. The number of para-hydroxylation sites is 1. The molecule has 0 spiro atoms. The number of hydrogen-bond acceptors (Lipinski definition) is 2. The van der Waals surface area contributed by atoms with Crippen LogP contribution in [0.5, 0.6) is 0 Å². The summed E-state index contributed by atoms with van der Waals surface area (Å²) in [4.78, 5) is 19.4. The standard InChI is InChI=1S/C16H15N3O/c1-11-14(13-4-2-3-5-15(13)18-11)10-16(20)19-12-6-8-17-9-7-12/h2-9,18H,10H2,1H3,(H,17,19,20). The number of aromatic amines is 1. The van der Waals surface area contributed by atoms with Gasteiger partial charge in [-0.3, -0.25) is 9.78 Å². The molecule has 0 aliphatic heterocycles. The summed E-state index contributed by atoms with van der Waals surface area (Å²) in [5.74, 6) is -0.0240. The Morgan fingerprint density at radius 3 is 2.75 bits per heavy atom. The lowest BCUT2D eigenvalue weighted by molar-refractivity contribution is -0.115. The predicted octanol–water partition coefficient (Wildman–Crippen LogP) is 3.05. The molecule has 2 N–H and O–H groups in total. The average Bonchev–Trinajstić information content (AvgIpc) is 2.76. The zero-order valence-corrected chi connectivity index (χ0v) is 11.2. The predicted molar refractivity (Wildman–Crippen MR) is 79.6 cm³/mol. The number of hydrogen-bond donors (Lipinski definition) is 2. The van der Waals surface area contributed by atoms with E-state index in [1.165, 1.54) is 0 Å². The summed E-state index contributed by atoms with van der Waals surface area (Å²) in [5, 5.41) is 3.99. The Morgan fingerprint density at radius 2 is 1.95 bits per heavy atom. The molecule has 4 nitrogen and oxygen atoms in total. The molecule has 1 aromatic carbocycles. The number of pyridine rings is 1. The molecule has 0 saturated carbocycles. The van der Waals surface area contributed by atoms with Gasteiger partial charge in [-0.2, -0.15) is 0 Å². The summed E-state index contributed by atoms with van der Waals surface area (Å²) in [7, 11) is 0. The first kappa shape index (κ1) is 12.4. The number of fused-ring (bicyclic) bond motifs is 1. The van der Waals surface area contributed by atoms with Crippen LogP contribution >= 0.6 is 0 Å². The molecule has 4 heteroatoms. The molecule has 0 aliphatic carbocycles. The Morgan fingerprint density at radius 1 is 1.20 bits per heavy atom. The largest absolute Gasteiger partial charge is 0.358 e. The van der Waals surface area contributed by atoms with E-state index in [1.54, 1.807) is 24.5 Å². The van der Waals surface area contributed by atoms with Crippen molar-refractivity contribution >= 4 is 22.5 Å². The summed E-state index contributed by atoms with van der Waals surface area (Å²) in [5.41, 5.74) is 3.92. The quantitative estimate of drug-likeness (QED) is 0.764. The third kappa shape index (κ3) is 2.40. The normalized spacial score (nSPS) is 10.7. The molecule has 20 heavy (non-hydrogen) atoms. The first-order valence-corrected chi connectivity index (χ1v) is 6.50. The molecule has 0 fully saturated rings. The van der Waals surface area contributed by atoms with E-state index in [-0.39, 0.29) is 5.91 Å². The number of anilines is 1. The van der Waals surface area contributed by atoms with Gasteiger partial charge in [0.2, 0.25) is 5.91 Å². The van der Waals surface area contributed by atoms with Crippen molar-refractivity contribution < 1.29 is 4.79 Å². The Hall–Kier alpha value is -2.62. The molecule has 0 radical (unpaired) electrons. The highest BCUT2D eigenvalue weighted by atomic mass is 16.1. The Bertz CT molecular complexity index is 747. The molecular formula is C16H15N3O. The lowest BCUT2D eigenvalue weighted by Gasteiger charge is -2.05. The van der Waals surface area contributed by atoms with E-state index >= 15 is 0 Å². The Kier molecular flexibility index (Phi) is 3.21. The van der Waals surface area contributed by atoms with Crippen LogP contribution in [-0.4, -0.2) is 15.9 Å². The number of aromatic nitrogens is 2. The molecule has 0 saturated heterocycles. The van der Waals surface area contributed by atoms with Gasteiger partial charge in [-0.05, 0) is 30.7 Å². The van der Waals surface area contributed by atoms with Crippen molar-refractivity contribution in [1.82, 2.24) is 9.97 Å². The van der Waals surface area contributed by atoms with Gasteiger partial charge in [-0.1, -0.05) is 18.2 Å². The molecule has 1 amide bonds. The minimum Gasteiger partial charge on any atom is -0.358 e. The van der Waals surface area contributed by atoms with Crippen LogP contribution in [0.25, 0.3) is 10.9 Å². The van der Waals surface area contributed by atoms with E-state index < -0.39 is 0 Å². The molecule has 0 aliphatic rings. The fraction of sp³-hybridized carbons (Fsp3) is 0.125. The van der Waals surface area contributed by atoms with Gasteiger partial charge in [-0.15, -0.1) is 0 Å². The van der Waals surface area contributed by atoms with Crippen molar-refractivity contribution in [2.24, 2.45) is 0 Å². The van der Waals surface area contributed by atoms with Gasteiger partial charge < -0.3 is 10.3 Å². The van der Waals surface area contributed by atoms with E-state index in [1.807, 2.05) is 31.2 Å². The van der Waals surface area contributed by atoms with Crippen molar-refractivity contribution in [3.8, 4) is 0 Å². The van der Waals surface area contributed by atoms with Gasteiger partial charge in [0.05, 0.1) is 6.42 Å². The maximum atomic E-state index is 12.1. The number of carbonyl (C=O) groups excluding carboxylic acids is 1. The van der Waals surface area contributed by atoms with Crippen LogP contribution in [-0.2, 0) is 11.2 Å². The van der Waals surface area contributed by atoms with Crippen molar-refractivity contribution in [3.05, 3.63) is 60.0 Å². The molecule has 0 unspecified atom stereocenters. The Balaban J connectivity index is 1.83. The third-order valence-electron chi connectivity index (χ3n) is 3.33. The van der Waals surface area contributed by atoms with Crippen molar-refractivity contribution in [1.29, 1.82) is 0 Å². The van der Waals surface area contributed by atoms with E-state index in [9.17, 15) is 4.79 Å². The molecule has 2 aromatic heterocycles. The number of carbonyl (C=O) groups is 1. The SMILES string of the molecule is Cc1[nH]c2ccccc2c1CC(=O)Nc1ccncc1. The van der Waals surface area contributed by atoms with Crippen molar-refractivity contribution in [2.45, 2.75) is 13.3 Å². The highest BCUT2D eigenvalue weighted by molar-refractivity contribution is 5.96. The van der Waals surface area contributed by atoms with Crippen LogP contribution in [0.1, 0.15) is 11.3 Å². The van der Waals surface area contributed by atoms with Gasteiger partial charge in [0.1, 0.15) is 0 Å². The van der Waals surface area contributed by atoms with Crippen LogP contribution in [0.15, 0.2) is 48.8 Å². The van der Waals surface area contributed by atoms with E-state index in [0.717, 1.165) is 27.8 Å². The molecule has 2 heterocycles. The minimum absolute atomic E-state index is 0.0240. The molecule has 0 atom stereocenters. The van der Waals surface area contributed by atoms with Crippen molar-refractivity contribution in [3.63, 3.8) is 0 Å². The zero-order valence-electron chi connectivity index (χ0n) is 11.2. The van der Waals surface area contributed by atoms with Gasteiger partial charge in [-0.25, -0.2) is 0 Å². The van der Waals surface area contributed by atoms with Gasteiger partial charge >= 0.3 is 0 Å². The lowest BCUT2D eigenvalue weighted by Crippen LogP contribution is -2.14. The number of amides is 1. The highest BCUT2D eigenvalue weighted by Gasteiger charge is 2.12. The lowest BCUT2D eigenvalue weighted by atomic mass is 10.1. The number of benzene rings is 1. The number of rotatable bonds is 3. The molecular weight excluding hydrogens is 250 g/mol. The monoisotopic (exact) mass is 265 g/mol. The minimum atomic E-state index is -0.0240. The van der Waals surface area contributed by atoms with Crippen LogP contribution in [0.2, 0.25) is 0 Å². The van der Waals surface area contributed by atoms with Crippen LogP contribution in [0, 0.1) is 6.92 Å². The van der Waals surface area contributed by atoms with Gasteiger partial charge in [0, 0.05) is 34.7 Å². The van der Waals surface area contributed by atoms with Crippen LogP contribution in [0.3, 0.4) is 0 Å². The van der Waals surface area contributed by atoms with Crippen LogP contribution in [0.4, 0.5) is 5.69 Å². The number of aryl methyl sites for hydroxylation is 1. The second kappa shape index (κ2) is 5.17.